The molecule has 1 fully saturated rings. The third-order valence-corrected chi connectivity index (χ3v) is 2.79. The van der Waals surface area contributed by atoms with Gasteiger partial charge in [0.1, 0.15) is 0 Å². The molecule has 7 heteroatoms. The van der Waals surface area contributed by atoms with Gasteiger partial charge in [-0.05, 0) is 27.7 Å². The van der Waals surface area contributed by atoms with Gasteiger partial charge in [0.2, 0.25) is 0 Å². The third kappa shape index (κ3) is 3.57. The van der Waals surface area contributed by atoms with Crippen molar-refractivity contribution in [3.63, 3.8) is 0 Å². The maximum atomic E-state index is 12.0. The Labute approximate surface area is 113 Å². The highest BCUT2D eigenvalue weighted by molar-refractivity contribution is 5.70. The van der Waals surface area contributed by atoms with Crippen molar-refractivity contribution < 1.29 is 19.1 Å². The molecule has 19 heavy (non-hydrogen) atoms. The Morgan fingerprint density at radius 1 is 1.42 bits per heavy atom. The number of hydroxylamine groups is 2. The van der Waals surface area contributed by atoms with Gasteiger partial charge in [-0.2, -0.15) is 0 Å². The van der Waals surface area contributed by atoms with Crippen LogP contribution in [0.5, 0.6) is 0 Å². The van der Waals surface area contributed by atoms with Gasteiger partial charge in [0.05, 0.1) is 12.6 Å². The zero-order valence-electron chi connectivity index (χ0n) is 12.0. The van der Waals surface area contributed by atoms with E-state index in [1.165, 1.54) is 11.8 Å². The molecule has 110 valence electrons. The van der Waals surface area contributed by atoms with Crippen molar-refractivity contribution in [3.8, 4) is 0 Å². The molecule has 0 radical (unpaired) electrons. The summed E-state index contributed by atoms with van der Waals surface area (Å²) in [6.45, 7) is 8.80. The average molecular weight is 273 g/mol. The van der Waals surface area contributed by atoms with Crippen LogP contribution < -0.4 is 0 Å². The van der Waals surface area contributed by atoms with Gasteiger partial charge < -0.3 is 19.7 Å². The second-order valence-corrected chi connectivity index (χ2v) is 5.41. The molecule has 0 aromatic heterocycles. The van der Waals surface area contributed by atoms with Crippen LogP contribution in [0.25, 0.3) is 0 Å². The number of ether oxygens (including phenoxy) is 2. The van der Waals surface area contributed by atoms with Gasteiger partial charge in [-0.15, -0.1) is 0 Å². The number of carbonyl (C=O) groups excluding carboxylic acids is 2. The van der Waals surface area contributed by atoms with Gasteiger partial charge in [-0.1, -0.05) is 0 Å². The predicted molar refractivity (Wildman–Crippen MR) is 68.0 cm³/mol. The van der Waals surface area contributed by atoms with E-state index >= 15 is 0 Å². The van der Waals surface area contributed by atoms with E-state index in [0.29, 0.717) is 5.06 Å². The first-order chi connectivity index (χ1) is 8.68. The Bertz CT molecular complexity index is 353. The maximum Gasteiger partial charge on any atom is 0.410 e. The van der Waals surface area contributed by atoms with E-state index in [1.54, 1.807) is 6.92 Å². The average Bonchev–Trinajstić information content (AvgIpc) is 2.24. The lowest BCUT2D eigenvalue weighted by atomic mass is 9.98. The van der Waals surface area contributed by atoms with Crippen molar-refractivity contribution >= 4 is 12.1 Å². The van der Waals surface area contributed by atoms with Crippen molar-refractivity contribution in [1.82, 2.24) is 9.96 Å². The summed E-state index contributed by atoms with van der Waals surface area (Å²) in [5.41, 5.74) is -0.531. The summed E-state index contributed by atoms with van der Waals surface area (Å²) in [4.78, 5) is 24.4. The van der Waals surface area contributed by atoms with Crippen LogP contribution in [0.1, 0.15) is 34.6 Å². The van der Waals surface area contributed by atoms with Gasteiger partial charge in [-0.25, -0.2) is 4.79 Å². The van der Waals surface area contributed by atoms with E-state index in [2.05, 4.69) is 0 Å². The van der Waals surface area contributed by atoms with E-state index in [9.17, 15) is 14.8 Å². The Balaban J connectivity index is 2.87. The molecule has 2 atom stereocenters. The topological polar surface area (TPSA) is 82.1 Å². The van der Waals surface area contributed by atoms with Crippen LogP contribution in [0.2, 0.25) is 0 Å². The van der Waals surface area contributed by atoms with Gasteiger partial charge >= 0.3 is 12.1 Å². The lowest BCUT2D eigenvalue weighted by Gasteiger charge is -2.57. The Hall–Kier alpha value is -1.34. The highest BCUT2D eigenvalue weighted by atomic mass is 16.6. The molecule has 1 rings (SSSR count). The number of esters is 1. The standard InChI is InChI=1S/C12H21N2O5/c1-6-18-11(16)14(12(3,4)5)9-7-13(17)10(9)19-8(2)15/h9-10H,6-7H2,1-5H3/q-1. The molecule has 1 heterocycles. The van der Waals surface area contributed by atoms with Crippen LogP contribution in [-0.2, 0) is 14.3 Å². The largest absolute Gasteiger partial charge is 0.782 e. The van der Waals surface area contributed by atoms with Gasteiger partial charge in [-0.3, -0.25) is 9.69 Å². The number of hydrogen-bond donors (Lipinski definition) is 0. The minimum Gasteiger partial charge on any atom is -0.782 e. The fourth-order valence-electron chi connectivity index (χ4n) is 2.05. The number of amides is 1. The fraction of sp³-hybridized carbons (Fsp3) is 0.833. The molecule has 0 bridgehead atoms. The highest BCUT2D eigenvalue weighted by Crippen LogP contribution is 2.30. The second kappa shape index (κ2) is 5.75. The summed E-state index contributed by atoms with van der Waals surface area (Å²) < 4.78 is 9.94. The van der Waals surface area contributed by atoms with Gasteiger partial charge in [0.25, 0.3) is 0 Å². The van der Waals surface area contributed by atoms with E-state index in [0.717, 1.165) is 0 Å². The lowest BCUT2D eigenvalue weighted by Crippen LogP contribution is -2.70. The normalized spacial score (nSPS) is 23.5. The third-order valence-electron chi connectivity index (χ3n) is 2.79. The Morgan fingerprint density at radius 2 is 2.00 bits per heavy atom. The molecule has 0 aromatic carbocycles. The SMILES string of the molecule is CCOC(=O)N(C1CN([O-])C1OC(C)=O)C(C)(C)C. The van der Waals surface area contributed by atoms with Crippen molar-refractivity contribution in [1.29, 1.82) is 0 Å². The van der Waals surface area contributed by atoms with Gasteiger partial charge in [0.15, 0.2) is 6.23 Å². The van der Waals surface area contributed by atoms with Crippen LogP contribution in [0.4, 0.5) is 4.79 Å². The second-order valence-electron chi connectivity index (χ2n) is 5.41. The summed E-state index contributed by atoms with van der Waals surface area (Å²) in [5.74, 6) is -0.548. The fourth-order valence-corrected chi connectivity index (χ4v) is 2.05. The monoisotopic (exact) mass is 273 g/mol. The highest BCUT2D eigenvalue weighted by Gasteiger charge is 2.46. The molecule has 1 aliphatic rings. The first-order valence-corrected chi connectivity index (χ1v) is 6.25. The molecule has 0 saturated carbocycles. The molecular formula is C12H21N2O5-. The van der Waals surface area contributed by atoms with E-state index in [1.807, 2.05) is 20.8 Å². The quantitative estimate of drug-likeness (QED) is 0.721. The number of nitrogens with zero attached hydrogens (tertiary/aromatic N) is 2. The lowest BCUT2D eigenvalue weighted by molar-refractivity contribution is -0.184. The summed E-state index contributed by atoms with van der Waals surface area (Å²) in [7, 11) is 0. The van der Waals surface area contributed by atoms with Crippen LogP contribution in [0, 0.1) is 5.21 Å². The molecular weight excluding hydrogens is 252 g/mol. The molecule has 1 saturated heterocycles. The minimum absolute atomic E-state index is 0.105. The molecule has 0 spiro atoms. The molecule has 2 unspecified atom stereocenters. The predicted octanol–water partition coefficient (Wildman–Crippen LogP) is 1.31. The number of carbonyl (C=O) groups is 2. The molecule has 0 N–H and O–H groups in total. The van der Waals surface area contributed by atoms with Crippen molar-refractivity contribution in [2.45, 2.75) is 52.4 Å². The zero-order chi connectivity index (χ0) is 14.8. The molecule has 0 aromatic rings. The molecule has 7 nitrogen and oxygen atoms in total. The van der Waals surface area contributed by atoms with Crippen LogP contribution in [0.3, 0.4) is 0 Å². The molecule has 1 aliphatic heterocycles. The van der Waals surface area contributed by atoms with Crippen molar-refractivity contribution in [2.75, 3.05) is 13.2 Å². The summed E-state index contributed by atoms with van der Waals surface area (Å²) in [5, 5.41) is 12.1. The van der Waals surface area contributed by atoms with E-state index in [-0.39, 0.29) is 13.2 Å². The molecule has 1 amide bonds. The minimum atomic E-state index is -0.957. The van der Waals surface area contributed by atoms with Crippen LogP contribution in [0.15, 0.2) is 0 Å². The summed E-state index contributed by atoms with van der Waals surface area (Å²) in [6, 6.07) is -0.486. The summed E-state index contributed by atoms with van der Waals surface area (Å²) >= 11 is 0. The Morgan fingerprint density at radius 3 is 2.37 bits per heavy atom. The number of hydrogen-bond acceptors (Lipinski definition) is 6. The van der Waals surface area contributed by atoms with Crippen molar-refractivity contribution in [3.05, 3.63) is 5.21 Å². The van der Waals surface area contributed by atoms with E-state index in [4.69, 9.17) is 9.47 Å². The molecule has 0 aliphatic carbocycles. The smallest absolute Gasteiger partial charge is 0.410 e. The summed E-state index contributed by atoms with van der Waals surface area (Å²) in [6.07, 6.45) is -1.47. The first kappa shape index (κ1) is 15.7. The van der Waals surface area contributed by atoms with Crippen molar-refractivity contribution in [2.24, 2.45) is 0 Å². The van der Waals surface area contributed by atoms with E-state index < -0.39 is 29.9 Å². The van der Waals surface area contributed by atoms with Crippen LogP contribution in [-0.4, -0.2) is 53.0 Å². The maximum absolute atomic E-state index is 12.0. The zero-order valence-corrected chi connectivity index (χ0v) is 12.0. The van der Waals surface area contributed by atoms with Crippen LogP contribution >= 0.6 is 0 Å². The number of rotatable bonds is 3. The van der Waals surface area contributed by atoms with Gasteiger partial charge in [0, 0.05) is 19.0 Å². The Kier molecular flexibility index (Phi) is 4.75. The first-order valence-electron chi connectivity index (χ1n) is 6.25.